The second-order valence-electron chi connectivity index (χ2n) is 8.33. The van der Waals surface area contributed by atoms with Crippen molar-refractivity contribution in [3.05, 3.63) is 0 Å². The van der Waals surface area contributed by atoms with E-state index in [2.05, 4.69) is 6.92 Å². The minimum absolute atomic E-state index is 0.0279. The van der Waals surface area contributed by atoms with Gasteiger partial charge >= 0.3 is 5.97 Å². The molecule has 0 aliphatic rings. The van der Waals surface area contributed by atoms with Crippen molar-refractivity contribution in [3.63, 3.8) is 0 Å². The molecule has 2 nitrogen and oxygen atoms in total. The van der Waals surface area contributed by atoms with Crippen molar-refractivity contribution in [2.45, 2.75) is 149 Å². The predicted molar refractivity (Wildman–Crippen MR) is 119 cm³/mol. The van der Waals surface area contributed by atoms with Crippen molar-refractivity contribution < 1.29 is 9.53 Å². The number of unbranched alkanes of at least 4 members (excludes halogenated alkanes) is 18. The molecule has 0 aliphatic carbocycles. The Labute approximate surface area is 171 Å². The number of hydrogen-bond acceptors (Lipinski definition) is 2. The summed E-state index contributed by atoms with van der Waals surface area (Å²) in [6.07, 6.45) is 27.9. The van der Waals surface area contributed by atoms with Gasteiger partial charge in [-0.25, -0.2) is 0 Å². The fourth-order valence-electron chi connectivity index (χ4n) is 3.64. The van der Waals surface area contributed by atoms with Crippen molar-refractivity contribution in [1.82, 2.24) is 0 Å². The number of carbonyl (C=O) groups is 1. The van der Waals surface area contributed by atoms with E-state index >= 15 is 0 Å². The number of rotatable bonds is 22. The van der Waals surface area contributed by atoms with Gasteiger partial charge in [-0.15, -0.1) is 0 Å². The molecule has 162 valence electrons. The van der Waals surface area contributed by atoms with Crippen LogP contribution >= 0.6 is 0 Å². The van der Waals surface area contributed by atoms with Crippen LogP contribution in [0.15, 0.2) is 0 Å². The van der Waals surface area contributed by atoms with Crippen LogP contribution in [0.3, 0.4) is 0 Å². The van der Waals surface area contributed by atoms with Crippen molar-refractivity contribution in [1.29, 1.82) is 0 Å². The zero-order chi connectivity index (χ0) is 19.8. The Kier molecular flexibility index (Phi) is 23.0. The summed E-state index contributed by atoms with van der Waals surface area (Å²) in [5.74, 6) is -0.0279. The molecule has 0 aliphatic heterocycles. The molecule has 0 aromatic heterocycles. The molecule has 0 aromatic carbocycles. The molecule has 0 radical (unpaired) electrons. The summed E-state index contributed by atoms with van der Waals surface area (Å²) in [7, 11) is 0. The zero-order valence-electron chi connectivity index (χ0n) is 18.9. The Hall–Kier alpha value is -0.530. The van der Waals surface area contributed by atoms with E-state index in [1.807, 2.05) is 6.92 Å². The molecule has 0 saturated heterocycles. The average Bonchev–Trinajstić information content (AvgIpc) is 2.66. The predicted octanol–water partition coefficient (Wildman–Crippen LogP) is 8.76. The standard InChI is InChI=1S/C25H50O2/c1-3-5-6-7-8-9-10-11-12-13-14-15-16-17-18-19-20-21-22-24-27-25(26)23-4-2/h3-24H2,1-2H3. The lowest BCUT2D eigenvalue weighted by Gasteiger charge is -2.05. The summed E-state index contributed by atoms with van der Waals surface area (Å²) >= 11 is 0. The third kappa shape index (κ3) is 23.4. The molecule has 0 atom stereocenters. The van der Waals surface area contributed by atoms with E-state index in [4.69, 9.17) is 4.74 Å². The van der Waals surface area contributed by atoms with E-state index in [1.54, 1.807) is 0 Å². The zero-order valence-corrected chi connectivity index (χ0v) is 18.9. The Bertz CT molecular complexity index is 288. The maximum Gasteiger partial charge on any atom is 0.305 e. The minimum Gasteiger partial charge on any atom is -0.466 e. The topological polar surface area (TPSA) is 26.3 Å². The quantitative estimate of drug-likeness (QED) is 0.138. The molecule has 0 amide bonds. The van der Waals surface area contributed by atoms with Crippen LogP contribution in [0.4, 0.5) is 0 Å². The van der Waals surface area contributed by atoms with Crippen LogP contribution in [-0.2, 0) is 9.53 Å². The van der Waals surface area contributed by atoms with E-state index < -0.39 is 0 Å². The lowest BCUT2D eigenvalue weighted by Crippen LogP contribution is -2.04. The van der Waals surface area contributed by atoms with Crippen LogP contribution in [0.5, 0.6) is 0 Å². The largest absolute Gasteiger partial charge is 0.466 e. The van der Waals surface area contributed by atoms with Gasteiger partial charge in [0.05, 0.1) is 6.61 Å². The van der Waals surface area contributed by atoms with E-state index in [0.717, 1.165) is 12.8 Å². The molecule has 0 saturated carbocycles. The summed E-state index contributed by atoms with van der Waals surface area (Å²) in [4.78, 5) is 11.2. The fraction of sp³-hybridized carbons (Fsp3) is 0.960. The van der Waals surface area contributed by atoms with Gasteiger partial charge in [-0.05, 0) is 12.8 Å². The monoisotopic (exact) mass is 382 g/mol. The third-order valence-corrected chi connectivity index (χ3v) is 5.47. The second kappa shape index (κ2) is 23.5. The van der Waals surface area contributed by atoms with Gasteiger partial charge in [0.2, 0.25) is 0 Å². The molecule has 0 fully saturated rings. The molecular formula is C25H50O2. The highest BCUT2D eigenvalue weighted by atomic mass is 16.5. The van der Waals surface area contributed by atoms with E-state index in [9.17, 15) is 4.79 Å². The first kappa shape index (κ1) is 26.5. The molecule has 27 heavy (non-hydrogen) atoms. The van der Waals surface area contributed by atoms with Crippen molar-refractivity contribution in [3.8, 4) is 0 Å². The van der Waals surface area contributed by atoms with Crippen LogP contribution in [0, 0.1) is 0 Å². The molecule has 2 heteroatoms. The number of hydrogen-bond donors (Lipinski definition) is 0. The molecule has 0 N–H and O–H groups in total. The van der Waals surface area contributed by atoms with Crippen LogP contribution in [0.2, 0.25) is 0 Å². The van der Waals surface area contributed by atoms with Crippen LogP contribution in [-0.4, -0.2) is 12.6 Å². The van der Waals surface area contributed by atoms with Crippen molar-refractivity contribution in [2.75, 3.05) is 6.61 Å². The third-order valence-electron chi connectivity index (χ3n) is 5.47. The van der Waals surface area contributed by atoms with Crippen molar-refractivity contribution in [2.24, 2.45) is 0 Å². The lowest BCUT2D eigenvalue weighted by atomic mass is 10.0. The minimum atomic E-state index is -0.0279. The van der Waals surface area contributed by atoms with Crippen molar-refractivity contribution >= 4 is 5.97 Å². The summed E-state index contributed by atoms with van der Waals surface area (Å²) < 4.78 is 5.18. The smallest absolute Gasteiger partial charge is 0.305 e. The van der Waals surface area contributed by atoms with Crippen LogP contribution in [0.1, 0.15) is 149 Å². The van der Waals surface area contributed by atoms with E-state index in [1.165, 1.54) is 116 Å². The van der Waals surface area contributed by atoms with Gasteiger partial charge in [-0.1, -0.05) is 129 Å². The first-order valence-corrected chi connectivity index (χ1v) is 12.5. The van der Waals surface area contributed by atoms with Crippen LogP contribution < -0.4 is 0 Å². The van der Waals surface area contributed by atoms with Gasteiger partial charge in [-0.3, -0.25) is 4.79 Å². The Balaban J connectivity index is 3.02. The maximum absolute atomic E-state index is 11.2. The molecule has 0 bridgehead atoms. The van der Waals surface area contributed by atoms with Gasteiger partial charge in [0.25, 0.3) is 0 Å². The number of carbonyl (C=O) groups excluding carboxylic acids is 1. The highest BCUT2D eigenvalue weighted by Crippen LogP contribution is 2.14. The van der Waals surface area contributed by atoms with Gasteiger partial charge < -0.3 is 4.74 Å². The first-order chi connectivity index (χ1) is 13.3. The lowest BCUT2D eigenvalue weighted by molar-refractivity contribution is -0.143. The molecule has 0 rings (SSSR count). The summed E-state index contributed by atoms with van der Waals surface area (Å²) in [5.41, 5.74) is 0. The molecular weight excluding hydrogens is 332 g/mol. The molecule has 0 heterocycles. The van der Waals surface area contributed by atoms with Gasteiger partial charge in [0, 0.05) is 6.42 Å². The summed E-state index contributed by atoms with van der Waals surface area (Å²) in [6, 6.07) is 0. The highest BCUT2D eigenvalue weighted by molar-refractivity contribution is 5.69. The Morgan fingerprint density at radius 1 is 0.481 bits per heavy atom. The van der Waals surface area contributed by atoms with E-state index in [0.29, 0.717) is 13.0 Å². The van der Waals surface area contributed by atoms with Gasteiger partial charge in [0.15, 0.2) is 0 Å². The molecule has 0 spiro atoms. The highest BCUT2D eigenvalue weighted by Gasteiger charge is 1.99. The summed E-state index contributed by atoms with van der Waals surface area (Å²) in [5, 5.41) is 0. The fourth-order valence-corrected chi connectivity index (χ4v) is 3.64. The van der Waals surface area contributed by atoms with Gasteiger partial charge in [0.1, 0.15) is 0 Å². The Morgan fingerprint density at radius 2 is 0.815 bits per heavy atom. The molecule has 0 aromatic rings. The Morgan fingerprint density at radius 3 is 1.15 bits per heavy atom. The number of ether oxygens (including phenoxy) is 1. The second-order valence-corrected chi connectivity index (χ2v) is 8.33. The first-order valence-electron chi connectivity index (χ1n) is 12.5. The van der Waals surface area contributed by atoms with E-state index in [-0.39, 0.29) is 5.97 Å². The number of esters is 1. The summed E-state index contributed by atoms with van der Waals surface area (Å²) in [6.45, 7) is 4.92. The molecule has 0 unspecified atom stereocenters. The van der Waals surface area contributed by atoms with Crippen LogP contribution in [0.25, 0.3) is 0 Å². The average molecular weight is 383 g/mol. The SMILES string of the molecule is CCCCCCCCCCCCCCCCCCCCCOC(=O)CCC. The van der Waals surface area contributed by atoms with Gasteiger partial charge in [-0.2, -0.15) is 0 Å². The normalized spacial score (nSPS) is 11.0. The maximum atomic E-state index is 11.2.